The van der Waals surface area contributed by atoms with E-state index in [-0.39, 0.29) is 0 Å². The first kappa shape index (κ1) is 9.84. The summed E-state index contributed by atoms with van der Waals surface area (Å²) in [4.78, 5) is 9.36. The molecule has 44 valence electrons. The van der Waals surface area contributed by atoms with Gasteiger partial charge < -0.3 is 4.74 Å². The molecule has 0 spiro atoms. The van der Waals surface area contributed by atoms with Crippen LogP contribution in [0.4, 0.5) is 4.79 Å². The second-order valence-corrected chi connectivity index (χ2v) is 0.750. The predicted molar refractivity (Wildman–Crippen MR) is 26.6 cm³/mol. The second-order valence-electron chi connectivity index (χ2n) is 0.442. The van der Waals surface area contributed by atoms with Crippen LogP contribution < -0.4 is 11.7 Å². The molecular weight excluding hydrogens is 119 g/mol. The Morgan fingerprint density at radius 3 is 1.86 bits per heavy atom. The van der Waals surface area contributed by atoms with E-state index in [0.29, 0.717) is 0 Å². The van der Waals surface area contributed by atoms with Crippen LogP contribution in [0.2, 0.25) is 0 Å². The molecule has 0 radical (unpaired) electrons. The summed E-state index contributed by atoms with van der Waals surface area (Å²) >= 11 is 4.60. The quantitative estimate of drug-likeness (QED) is 0.268. The van der Waals surface area contributed by atoms with Crippen LogP contribution in [0.3, 0.4) is 0 Å². The van der Waals surface area contributed by atoms with Crippen molar-refractivity contribution < 1.29 is 9.53 Å². The predicted octanol–water partition coefficient (Wildman–Crippen LogP) is -0.190. The fourth-order valence-corrected chi connectivity index (χ4v) is 0. The molecule has 7 heavy (non-hydrogen) atoms. The molecule has 0 rings (SSSR count). The van der Waals surface area contributed by atoms with Gasteiger partial charge in [-0.25, -0.2) is 4.79 Å². The molecule has 0 bridgehead atoms. The number of carbonyl (C=O) groups is 1. The van der Waals surface area contributed by atoms with Gasteiger partial charge in [-0.1, -0.05) is 0 Å². The zero-order valence-corrected chi connectivity index (χ0v) is 4.61. The molecule has 0 saturated heterocycles. The van der Waals surface area contributed by atoms with E-state index >= 15 is 0 Å². The third kappa shape index (κ3) is 27.3. The average Bonchev–Trinajstić information content (AvgIpc) is 1.73. The Balaban J connectivity index is 0. The van der Waals surface area contributed by atoms with Gasteiger partial charge in [0.2, 0.25) is 0 Å². The second kappa shape index (κ2) is 9.19. The summed E-state index contributed by atoms with van der Waals surface area (Å²) < 4.78 is 3.88. The summed E-state index contributed by atoms with van der Waals surface area (Å²) in [5, 5.41) is 0. The smallest absolute Gasteiger partial charge is 0.403 e. The molecule has 0 amide bonds. The van der Waals surface area contributed by atoms with E-state index in [1.54, 1.807) is 0 Å². The van der Waals surface area contributed by atoms with Crippen LogP contribution in [0.5, 0.6) is 0 Å². The SMILES string of the molecule is COC(=O)Cl.NN. The van der Waals surface area contributed by atoms with Gasteiger partial charge in [-0.2, -0.15) is 0 Å². The Morgan fingerprint density at radius 2 is 1.86 bits per heavy atom. The molecule has 0 fully saturated rings. The third-order valence-corrected chi connectivity index (χ3v) is 0.315. The fraction of sp³-hybridized carbons (Fsp3) is 0.500. The number of carbonyl (C=O) groups excluding carboxylic acids is 1. The maximum absolute atomic E-state index is 9.36. The summed E-state index contributed by atoms with van der Waals surface area (Å²) in [6.07, 6.45) is 0. The number of rotatable bonds is 0. The highest BCUT2D eigenvalue weighted by molar-refractivity contribution is 6.61. The minimum Gasteiger partial charge on any atom is -0.457 e. The van der Waals surface area contributed by atoms with Crippen LogP contribution >= 0.6 is 11.6 Å². The number of ether oxygens (including phenoxy) is 1. The van der Waals surface area contributed by atoms with E-state index in [0.717, 1.165) is 0 Å². The van der Waals surface area contributed by atoms with Gasteiger partial charge in [0.15, 0.2) is 0 Å². The standard InChI is InChI=1S/C2H3ClO2.H4N2/c1-5-2(3)4;1-2/h1H3;1-2H2. The van der Waals surface area contributed by atoms with Crippen LogP contribution in [0, 0.1) is 0 Å². The number of hydrazine groups is 1. The number of methoxy groups -OCH3 is 1. The molecule has 0 aromatic carbocycles. The highest BCUT2D eigenvalue weighted by Gasteiger charge is 1.80. The van der Waals surface area contributed by atoms with Gasteiger partial charge in [0.25, 0.3) is 0 Å². The van der Waals surface area contributed by atoms with E-state index in [9.17, 15) is 4.79 Å². The van der Waals surface area contributed by atoms with E-state index < -0.39 is 5.43 Å². The first-order valence-electron chi connectivity index (χ1n) is 1.34. The molecule has 0 aliphatic carbocycles. The van der Waals surface area contributed by atoms with Crippen molar-refractivity contribution in [3.05, 3.63) is 0 Å². The van der Waals surface area contributed by atoms with Crippen LogP contribution in [0.1, 0.15) is 0 Å². The molecule has 0 aliphatic heterocycles. The Bertz CT molecular complexity index is 49.0. The topological polar surface area (TPSA) is 78.3 Å². The lowest BCUT2D eigenvalue weighted by Crippen LogP contribution is -2.02. The Morgan fingerprint density at radius 1 is 1.71 bits per heavy atom. The third-order valence-electron chi connectivity index (χ3n) is 0.160. The number of hydrogen-bond donors (Lipinski definition) is 2. The molecule has 0 saturated carbocycles. The largest absolute Gasteiger partial charge is 0.457 e. The zero-order chi connectivity index (χ0) is 6.28. The van der Waals surface area contributed by atoms with Gasteiger partial charge in [0, 0.05) is 11.6 Å². The van der Waals surface area contributed by atoms with Gasteiger partial charge in [0.05, 0.1) is 7.11 Å². The van der Waals surface area contributed by atoms with Crippen LogP contribution in [-0.4, -0.2) is 12.5 Å². The van der Waals surface area contributed by atoms with E-state index in [1.807, 2.05) is 0 Å². The molecule has 0 aromatic heterocycles. The molecule has 0 aliphatic rings. The van der Waals surface area contributed by atoms with Crippen LogP contribution in [0.25, 0.3) is 0 Å². The normalized spacial score (nSPS) is 5.71. The molecule has 0 unspecified atom stereocenters. The molecule has 4 N–H and O–H groups in total. The Hall–Kier alpha value is -0.320. The first-order valence-corrected chi connectivity index (χ1v) is 1.72. The highest BCUT2D eigenvalue weighted by Crippen LogP contribution is 1.78. The van der Waals surface area contributed by atoms with E-state index in [4.69, 9.17) is 0 Å². The molecule has 0 aromatic rings. The lowest BCUT2D eigenvalue weighted by Gasteiger charge is -1.77. The summed E-state index contributed by atoms with van der Waals surface area (Å²) in [6.45, 7) is 0. The Kier molecular flexibility index (Phi) is 12.9. The van der Waals surface area contributed by atoms with Gasteiger partial charge in [-0.15, -0.1) is 0 Å². The summed E-state index contributed by atoms with van der Waals surface area (Å²) in [5.74, 6) is 8.00. The summed E-state index contributed by atoms with van der Waals surface area (Å²) in [6, 6.07) is 0. The van der Waals surface area contributed by atoms with E-state index in [1.165, 1.54) is 7.11 Å². The molecule has 0 atom stereocenters. The van der Waals surface area contributed by atoms with Crippen molar-refractivity contribution in [1.29, 1.82) is 0 Å². The van der Waals surface area contributed by atoms with Crippen molar-refractivity contribution >= 4 is 17.0 Å². The monoisotopic (exact) mass is 126 g/mol. The minimum absolute atomic E-state index is 0.773. The number of halogens is 1. The molecule has 5 heteroatoms. The Labute approximate surface area is 46.3 Å². The lowest BCUT2D eigenvalue weighted by molar-refractivity contribution is 0.198. The molecule has 4 nitrogen and oxygen atoms in total. The summed E-state index contributed by atoms with van der Waals surface area (Å²) in [7, 11) is 1.22. The van der Waals surface area contributed by atoms with Gasteiger partial charge in [-0.05, 0) is 0 Å². The maximum Gasteiger partial charge on any atom is 0.403 e. The number of nitrogens with two attached hydrogens (primary N) is 2. The van der Waals surface area contributed by atoms with Crippen LogP contribution in [0.15, 0.2) is 0 Å². The average molecular weight is 127 g/mol. The van der Waals surface area contributed by atoms with Crippen molar-refractivity contribution in [2.45, 2.75) is 0 Å². The minimum atomic E-state index is -0.773. The van der Waals surface area contributed by atoms with Crippen LogP contribution in [-0.2, 0) is 4.74 Å². The molecule has 0 heterocycles. The maximum atomic E-state index is 9.36. The first-order chi connectivity index (χ1) is 3.27. The van der Waals surface area contributed by atoms with Gasteiger partial charge >= 0.3 is 5.43 Å². The van der Waals surface area contributed by atoms with Crippen molar-refractivity contribution in [3.8, 4) is 0 Å². The van der Waals surface area contributed by atoms with Gasteiger partial charge in [-0.3, -0.25) is 11.7 Å². The lowest BCUT2D eigenvalue weighted by atomic mass is 11.5. The van der Waals surface area contributed by atoms with Crippen molar-refractivity contribution in [2.24, 2.45) is 11.7 Å². The van der Waals surface area contributed by atoms with E-state index in [2.05, 4.69) is 28.0 Å². The van der Waals surface area contributed by atoms with Gasteiger partial charge in [0.1, 0.15) is 0 Å². The van der Waals surface area contributed by atoms with Crippen molar-refractivity contribution in [1.82, 2.24) is 0 Å². The fourth-order valence-electron chi connectivity index (χ4n) is 0. The zero-order valence-electron chi connectivity index (χ0n) is 3.85. The summed E-state index contributed by atoms with van der Waals surface area (Å²) in [5.41, 5.74) is -0.773. The molecular formula is C2H7ClN2O2. The number of hydrogen-bond acceptors (Lipinski definition) is 4. The highest BCUT2D eigenvalue weighted by atomic mass is 35.5. The van der Waals surface area contributed by atoms with Crippen molar-refractivity contribution in [2.75, 3.05) is 7.11 Å². The van der Waals surface area contributed by atoms with Crippen molar-refractivity contribution in [3.63, 3.8) is 0 Å².